The fraction of sp³-hybridized carbons (Fsp3) is 0.400. The van der Waals surface area contributed by atoms with Crippen molar-refractivity contribution in [1.29, 1.82) is 0 Å². The summed E-state index contributed by atoms with van der Waals surface area (Å²) in [5.74, 6) is -2.85. The molecule has 0 saturated carbocycles. The number of carbonyl (C=O) groups excluding carboxylic acids is 2. The highest BCUT2D eigenvalue weighted by atomic mass is 32.2. The molecule has 0 radical (unpaired) electrons. The van der Waals surface area contributed by atoms with E-state index in [2.05, 4.69) is 4.72 Å². The molecule has 2 N–H and O–H groups in total. The summed E-state index contributed by atoms with van der Waals surface area (Å²) in [6, 6.07) is 7.40. The third-order valence-electron chi connectivity index (χ3n) is 2.99. The molecule has 0 fully saturated rings. The smallest absolute Gasteiger partial charge is 0.346 e. The Balaban J connectivity index is 2.67. The van der Waals surface area contributed by atoms with Crippen molar-refractivity contribution < 1.29 is 32.6 Å². The second-order valence-corrected chi connectivity index (χ2v) is 8.10. The van der Waals surface area contributed by atoms with Crippen molar-refractivity contribution in [3.05, 3.63) is 30.3 Å². The molecule has 0 aliphatic carbocycles. The van der Waals surface area contributed by atoms with Gasteiger partial charge in [0, 0.05) is 12.7 Å². The highest BCUT2D eigenvalue weighted by Crippen LogP contribution is 2.12. The minimum absolute atomic E-state index is 0.0308. The first-order valence-corrected chi connectivity index (χ1v) is 9.71. The summed E-state index contributed by atoms with van der Waals surface area (Å²) in [6.45, 7) is 2.23. The van der Waals surface area contributed by atoms with Gasteiger partial charge in [0.15, 0.2) is 5.12 Å². The van der Waals surface area contributed by atoms with Crippen LogP contribution in [0.4, 0.5) is 0 Å². The number of sulfonamides is 1. The second kappa shape index (κ2) is 9.54. The molecule has 0 bridgehead atoms. The van der Waals surface area contributed by atoms with Crippen LogP contribution in [0.15, 0.2) is 35.2 Å². The topological polar surface area (TPSA) is 127 Å². The van der Waals surface area contributed by atoms with Crippen molar-refractivity contribution in [2.24, 2.45) is 5.92 Å². The van der Waals surface area contributed by atoms with Crippen LogP contribution in [-0.2, 0) is 29.1 Å². The summed E-state index contributed by atoms with van der Waals surface area (Å²) in [5.41, 5.74) is 0. The molecule has 1 rings (SSSR count). The fourth-order valence-electron chi connectivity index (χ4n) is 1.61. The van der Waals surface area contributed by atoms with Gasteiger partial charge in [-0.25, -0.2) is 17.9 Å². The molecule has 25 heavy (non-hydrogen) atoms. The number of thioether (sulfide) groups is 1. The first-order valence-electron chi connectivity index (χ1n) is 7.25. The SMILES string of the molecule is CC(=O)SC[C@@H](C)C(=O)O[C@@H](CNS(=O)(=O)c1ccccc1)C(=O)O. The van der Waals surface area contributed by atoms with E-state index in [1.54, 1.807) is 6.07 Å². The van der Waals surface area contributed by atoms with Gasteiger partial charge in [0.25, 0.3) is 0 Å². The van der Waals surface area contributed by atoms with Gasteiger partial charge in [0.2, 0.25) is 16.1 Å². The summed E-state index contributed by atoms with van der Waals surface area (Å²) >= 11 is 0.919. The number of rotatable bonds is 9. The Bertz CT molecular complexity index is 719. The number of hydrogen-bond acceptors (Lipinski definition) is 7. The van der Waals surface area contributed by atoms with Crippen molar-refractivity contribution in [3.8, 4) is 0 Å². The number of benzene rings is 1. The van der Waals surface area contributed by atoms with Crippen molar-refractivity contribution in [2.45, 2.75) is 24.8 Å². The molecule has 10 heteroatoms. The molecule has 0 aliphatic rings. The summed E-state index contributed by atoms with van der Waals surface area (Å²) in [4.78, 5) is 33.9. The molecule has 8 nitrogen and oxygen atoms in total. The van der Waals surface area contributed by atoms with E-state index in [0.29, 0.717) is 0 Å². The molecule has 0 unspecified atom stereocenters. The molecule has 0 aromatic heterocycles. The van der Waals surface area contributed by atoms with E-state index in [9.17, 15) is 22.8 Å². The lowest BCUT2D eigenvalue weighted by Crippen LogP contribution is -2.40. The van der Waals surface area contributed by atoms with E-state index in [0.717, 1.165) is 11.8 Å². The van der Waals surface area contributed by atoms with Crippen LogP contribution >= 0.6 is 11.8 Å². The molecule has 2 atom stereocenters. The van der Waals surface area contributed by atoms with Gasteiger partial charge < -0.3 is 9.84 Å². The predicted molar refractivity (Wildman–Crippen MR) is 91.4 cm³/mol. The molecular formula is C15H19NO7S2. The predicted octanol–water partition coefficient (Wildman–Crippen LogP) is 0.877. The van der Waals surface area contributed by atoms with E-state index in [1.165, 1.54) is 38.1 Å². The van der Waals surface area contributed by atoms with Crippen LogP contribution in [0, 0.1) is 5.92 Å². The molecule has 0 aliphatic heterocycles. The van der Waals surface area contributed by atoms with Crippen LogP contribution < -0.4 is 4.72 Å². The van der Waals surface area contributed by atoms with Crippen LogP contribution in [0.2, 0.25) is 0 Å². The molecule has 1 aromatic carbocycles. The Morgan fingerprint density at radius 2 is 1.84 bits per heavy atom. The highest BCUT2D eigenvalue weighted by Gasteiger charge is 2.27. The van der Waals surface area contributed by atoms with Crippen molar-refractivity contribution in [2.75, 3.05) is 12.3 Å². The van der Waals surface area contributed by atoms with Gasteiger partial charge in [-0.1, -0.05) is 36.9 Å². The van der Waals surface area contributed by atoms with Gasteiger partial charge in [-0.05, 0) is 12.1 Å². The second-order valence-electron chi connectivity index (χ2n) is 5.13. The molecule has 0 saturated heterocycles. The number of aliphatic carboxylic acids is 1. The Morgan fingerprint density at radius 3 is 2.36 bits per heavy atom. The number of carboxylic acid groups (broad SMARTS) is 1. The van der Waals surface area contributed by atoms with Gasteiger partial charge in [-0.15, -0.1) is 0 Å². The van der Waals surface area contributed by atoms with E-state index in [-0.39, 0.29) is 15.8 Å². The number of ether oxygens (including phenoxy) is 1. The van der Waals surface area contributed by atoms with Crippen molar-refractivity contribution in [1.82, 2.24) is 4.72 Å². The zero-order valence-corrected chi connectivity index (χ0v) is 15.3. The zero-order chi connectivity index (χ0) is 19.0. The number of nitrogens with one attached hydrogen (secondary N) is 1. The molecule has 138 valence electrons. The minimum atomic E-state index is -3.92. The average molecular weight is 389 g/mol. The third-order valence-corrected chi connectivity index (χ3v) is 5.50. The standard InChI is InChI=1S/C15H19NO7S2/c1-10(9-24-11(2)17)15(20)23-13(14(18)19)8-16-25(21,22)12-6-4-3-5-7-12/h3-7,10,13,16H,8-9H2,1-2H3,(H,18,19)/t10-,13+/m1/s1. The lowest BCUT2D eigenvalue weighted by molar-refractivity contribution is -0.165. The Morgan fingerprint density at radius 1 is 1.24 bits per heavy atom. The minimum Gasteiger partial charge on any atom is -0.478 e. The quantitative estimate of drug-likeness (QED) is 0.596. The molecule has 1 aromatic rings. The van der Waals surface area contributed by atoms with Gasteiger partial charge >= 0.3 is 11.9 Å². The van der Waals surface area contributed by atoms with Gasteiger partial charge in [0.1, 0.15) is 0 Å². The maximum Gasteiger partial charge on any atom is 0.346 e. The van der Waals surface area contributed by atoms with E-state index < -0.39 is 40.5 Å². The molecule has 0 amide bonds. The van der Waals surface area contributed by atoms with Gasteiger partial charge in [-0.2, -0.15) is 0 Å². The first kappa shape index (κ1) is 21.1. The number of hydrogen-bond donors (Lipinski definition) is 2. The Labute approximate surface area is 150 Å². The maximum absolute atomic E-state index is 12.1. The summed E-state index contributed by atoms with van der Waals surface area (Å²) < 4.78 is 31.1. The summed E-state index contributed by atoms with van der Waals surface area (Å²) in [6.07, 6.45) is -1.67. The zero-order valence-electron chi connectivity index (χ0n) is 13.7. The summed E-state index contributed by atoms with van der Waals surface area (Å²) in [7, 11) is -3.92. The lowest BCUT2D eigenvalue weighted by Gasteiger charge is -2.17. The van der Waals surface area contributed by atoms with E-state index >= 15 is 0 Å². The van der Waals surface area contributed by atoms with Crippen LogP contribution in [0.5, 0.6) is 0 Å². The number of esters is 1. The fourth-order valence-corrected chi connectivity index (χ4v) is 3.29. The van der Waals surface area contributed by atoms with Gasteiger partial charge in [-0.3, -0.25) is 9.59 Å². The first-order chi connectivity index (χ1) is 11.6. The lowest BCUT2D eigenvalue weighted by atomic mass is 10.2. The maximum atomic E-state index is 12.1. The van der Waals surface area contributed by atoms with Crippen molar-refractivity contribution >= 4 is 38.8 Å². The molecule has 0 heterocycles. The molecular weight excluding hydrogens is 370 g/mol. The van der Waals surface area contributed by atoms with E-state index in [1.807, 2.05) is 0 Å². The van der Waals surface area contributed by atoms with E-state index in [4.69, 9.17) is 9.84 Å². The van der Waals surface area contributed by atoms with Crippen molar-refractivity contribution in [3.63, 3.8) is 0 Å². The monoisotopic (exact) mass is 389 g/mol. The molecule has 0 spiro atoms. The number of carbonyl (C=O) groups is 3. The summed E-state index contributed by atoms with van der Waals surface area (Å²) in [5, 5.41) is 8.94. The normalized spacial score (nSPS) is 13.7. The third kappa shape index (κ3) is 7.24. The Hall–Kier alpha value is -1.91. The average Bonchev–Trinajstić information content (AvgIpc) is 2.56. The van der Waals surface area contributed by atoms with Crippen LogP contribution in [0.25, 0.3) is 0 Å². The highest BCUT2D eigenvalue weighted by molar-refractivity contribution is 8.13. The largest absolute Gasteiger partial charge is 0.478 e. The van der Waals surface area contributed by atoms with Crippen LogP contribution in [0.3, 0.4) is 0 Å². The van der Waals surface area contributed by atoms with Gasteiger partial charge in [0.05, 0.1) is 17.4 Å². The van der Waals surface area contributed by atoms with Crippen LogP contribution in [-0.4, -0.2) is 49.0 Å². The van der Waals surface area contributed by atoms with Crippen LogP contribution in [0.1, 0.15) is 13.8 Å². The number of carboxylic acids is 1. The Kier molecular flexibility index (Phi) is 8.07.